The van der Waals surface area contributed by atoms with Crippen molar-refractivity contribution in [3.05, 3.63) is 23.9 Å². The third-order valence-electron chi connectivity index (χ3n) is 2.98. The highest BCUT2D eigenvalue weighted by molar-refractivity contribution is 5.99. The van der Waals surface area contributed by atoms with Crippen molar-refractivity contribution >= 4 is 11.7 Å². The van der Waals surface area contributed by atoms with Gasteiger partial charge in [-0.05, 0) is 26.0 Å². The first-order chi connectivity index (χ1) is 8.02. The van der Waals surface area contributed by atoms with Crippen LogP contribution >= 0.6 is 0 Å². The van der Waals surface area contributed by atoms with Gasteiger partial charge in [-0.2, -0.15) is 0 Å². The minimum absolute atomic E-state index is 0.0513. The van der Waals surface area contributed by atoms with Crippen LogP contribution in [0.5, 0.6) is 0 Å². The Hall–Kier alpha value is -1.62. The summed E-state index contributed by atoms with van der Waals surface area (Å²) >= 11 is 0. The highest BCUT2D eigenvalue weighted by Crippen LogP contribution is 2.27. The quantitative estimate of drug-likeness (QED) is 0.591. The standard InChI is InChI=1S/C12H18N4O/c1-12(2)8-17-7-6-16(12)11-9(10(13)14)4-3-5-15-11/h3-5H,6-8H2,1-2H3,(H3,13,14). The average Bonchev–Trinajstić information content (AvgIpc) is 2.28. The molecule has 0 spiro atoms. The Balaban J connectivity index is 2.42. The summed E-state index contributed by atoms with van der Waals surface area (Å²) in [4.78, 5) is 6.53. The lowest BCUT2D eigenvalue weighted by Crippen LogP contribution is -2.54. The molecule has 1 aliphatic heterocycles. The third-order valence-corrected chi connectivity index (χ3v) is 2.98. The molecule has 2 rings (SSSR count). The smallest absolute Gasteiger partial charge is 0.140 e. The molecule has 0 amide bonds. The third kappa shape index (κ3) is 2.24. The Morgan fingerprint density at radius 1 is 1.59 bits per heavy atom. The number of aromatic nitrogens is 1. The van der Waals surface area contributed by atoms with Gasteiger partial charge in [0.2, 0.25) is 0 Å². The molecule has 5 nitrogen and oxygen atoms in total. The molecule has 0 radical (unpaired) electrons. The Morgan fingerprint density at radius 3 is 3.00 bits per heavy atom. The van der Waals surface area contributed by atoms with E-state index in [-0.39, 0.29) is 11.4 Å². The summed E-state index contributed by atoms with van der Waals surface area (Å²) in [5.74, 6) is 0.823. The van der Waals surface area contributed by atoms with E-state index in [0.29, 0.717) is 18.8 Å². The van der Waals surface area contributed by atoms with E-state index in [1.165, 1.54) is 0 Å². The highest BCUT2D eigenvalue weighted by Gasteiger charge is 2.32. The van der Waals surface area contributed by atoms with Crippen LogP contribution < -0.4 is 10.6 Å². The van der Waals surface area contributed by atoms with Gasteiger partial charge in [0.15, 0.2) is 0 Å². The summed E-state index contributed by atoms with van der Waals surface area (Å²) in [6.45, 7) is 6.30. The molecule has 92 valence electrons. The summed E-state index contributed by atoms with van der Waals surface area (Å²) in [5, 5.41) is 7.60. The van der Waals surface area contributed by atoms with Crippen LogP contribution in [0, 0.1) is 5.41 Å². The molecule has 0 aliphatic carbocycles. The number of morpholine rings is 1. The monoisotopic (exact) mass is 234 g/mol. The molecule has 0 atom stereocenters. The van der Waals surface area contributed by atoms with Crippen molar-refractivity contribution in [2.45, 2.75) is 19.4 Å². The first kappa shape index (κ1) is 11.9. The molecular weight excluding hydrogens is 216 g/mol. The Morgan fingerprint density at radius 2 is 2.35 bits per heavy atom. The van der Waals surface area contributed by atoms with E-state index in [1.54, 1.807) is 12.3 Å². The normalized spacial score (nSPS) is 19.1. The maximum atomic E-state index is 7.60. The lowest BCUT2D eigenvalue weighted by molar-refractivity contribution is 0.0639. The summed E-state index contributed by atoms with van der Waals surface area (Å²) < 4.78 is 5.48. The number of anilines is 1. The summed E-state index contributed by atoms with van der Waals surface area (Å²) in [5.41, 5.74) is 6.15. The molecule has 1 aromatic rings. The minimum Gasteiger partial charge on any atom is -0.384 e. The van der Waals surface area contributed by atoms with Gasteiger partial charge >= 0.3 is 0 Å². The molecule has 1 fully saturated rings. The van der Waals surface area contributed by atoms with Crippen molar-refractivity contribution in [1.29, 1.82) is 5.41 Å². The molecule has 3 N–H and O–H groups in total. The maximum Gasteiger partial charge on any atom is 0.140 e. The second kappa shape index (κ2) is 4.33. The topological polar surface area (TPSA) is 75.2 Å². The van der Waals surface area contributed by atoms with E-state index in [1.807, 2.05) is 6.07 Å². The van der Waals surface area contributed by atoms with Crippen LogP contribution in [0.4, 0.5) is 5.82 Å². The molecule has 0 aromatic carbocycles. The number of hydrogen-bond donors (Lipinski definition) is 2. The van der Waals surface area contributed by atoms with Crippen molar-refractivity contribution in [3.8, 4) is 0 Å². The Bertz CT molecular complexity index is 430. The molecule has 2 heterocycles. The van der Waals surface area contributed by atoms with Gasteiger partial charge in [-0.25, -0.2) is 4.98 Å². The van der Waals surface area contributed by atoms with Gasteiger partial charge in [-0.15, -0.1) is 0 Å². The molecule has 5 heteroatoms. The number of amidine groups is 1. The number of pyridine rings is 1. The van der Waals surface area contributed by atoms with Crippen LogP contribution in [-0.2, 0) is 4.74 Å². The number of ether oxygens (including phenoxy) is 1. The van der Waals surface area contributed by atoms with Gasteiger partial charge in [0.25, 0.3) is 0 Å². The Kier molecular flexibility index (Phi) is 3.02. The fourth-order valence-corrected chi connectivity index (χ4v) is 2.07. The van der Waals surface area contributed by atoms with Crippen molar-refractivity contribution in [3.63, 3.8) is 0 Å². The fourth-order valence-electron chi connectivity index (χ4n) is 2.07. The second-order valence-corrected chi connectivity index (χ2v) is 4.80. The lowest BCUT2D eigenvalue weighted by atomic mass is 10.0. The fraction of sp³-hybridized carbons (Fsp3) is 0.500. The number of nitrogens with two attached hydrogens (primary N) is 1. The van der Waals surface area contributed by atoms with Crippen LogP contribution in [0.2, 0.25) is 0 Å². The van der Waals surface area contributed by atoms with Gasteiger partial charge in [0.05, 0.1) is 24.3 Å². The molecule has 1 aliphatic rings. The number of nitrogens with zero attached hydrogens (tertiary/aromatic N) is 2. The summed E-state index contributed by atoms with van der Waals surface area (Å²) in [6.07, 6.45) is 1.73. The first-order valence-corrected chi connectivity index (χ1v) is 5.67. The lowest BCUT2D eigenvalue weighted by Gasteiger charge is -2.43. The zero-order chi connectivity index (χ0) is 12.5. The summed E-state index contributed by atoms with van der Waals surface area (Å²) in [7, 11) is 0. The Labute approximate surface area is 101 Å². The van der Waals surface area contributed by atoms with Gasteiger partial charge in [0.1, 0.15) is 11.7 Å². The largest absolute Gasteiger partial charge is 0.384 e. The average molecular weight is 234 g/mol. The first-order valence-electron chi connectivity index (χ1n) is 5.67. The van der Waals surface area contributed by atoms with Gasteiger partial charge in [0, 0.05) is 12.7 Å². The van der Waals surface area contributed by atoms with Crippen LogP contribution in [0.25, 0.3) is 0 Å². The van der Waals surface area contributed by atoms with Crippen molar-refractivity contribution < 1.29 is 4.74 Å². The van der Waals surface area contributed by atoms with Gasteiger partial charge < -0.3 is 15.4 Å². The van der Waals surface area contributed by atoms with Crippen molar-refractivity contribution in [2.24, 2.45) is 5.73 Å². The van der Waals surface area contributed by atoms with Crippen LogP contribution in [0.15, 0.2) is 18.3 Å². The van der Waals surface area contributed by atoms with Crippen LogP contribution in [-0.4, -0.2) is 36.1 Å². The van der Waals surface area contributed by atoms with Gasteiger partial charge in [-0.1, -0.05) is 0 Å². The minimum atomic E-state index is -0.128. The molecule has 0 saturated carbocycles. The predicted molar refractivity (Wildman–Crippen MR) is 67.5 cm³/mol. The highest BCUT2D eigenvalue weighted by atomic mass is 16.5. The molecule has 1 saturated heterocycles. The number of nitrogen functional groups attached to an aromatic ring is 1. The van der Waals surface area contributed by atoms with Crippen LogP contribution in [0.3, 0.4) is 0 Å². The van der Waals surface area contributed by atoms with Gasteiger partial charge in [-0.3, -0.25) is 5.41 Å². The van der Waals surface area contributed by atoms with Crippen molar-refractivity contribution in [1.82, 2.24) is 4.98 Å². The van der Waals surface area contributed by atoms with E-state index in [4.69, 9.17) is 15.9 Å². The molecule has 17 heavy (non-hydrogen) atoms. The van der Waals surface area contributed by atoms with E-state index in [9.17, 15) is 0 Å². The zero-order valence-electron chi connectivity index (χ0n) is 10.2. The number of nitrogens with one attached hydrogen (secondary N) is 1. The summed E-state index contributed by atoms with van der Waals surface area (Å²) in [6, 6.07) is 3.63. The van der Waals surface area contributed by atoms with E-state index in [2.05, 4.69) is 23.7 Å². The van der Waals surface area contributed by atoms with Crippen LogP contribution in [0.1, 0.15) is 19.4 Å². The molecule has 0 bridgehead atoms. The van der Waals surface area contributed by atoms with E-state index in [0.717, 1.165) is 12.4 Å². The van der Waals surface area contributed by atoms with E-state index >= 15 is 0 Å². The number of rotatable bonds is 2. The number of hydrogen-bond acceptors (Lipinski definition) is 4. The zero-order valence-corrected chi connectivity index (χ0v) is 10.2. The van der Waals surface area contributed by atoms with E-state index < -0.39 is 0 Å². The van der Waals surface area contributed by atoms with Crippen molar-refractivity contribution in [2.75, 3.05) is 24.7 Å². The SMILES string of the molecule is CC1(C)COCCN1c1ncccc1C(=N)N. The second-order valence-electron chi connectivity index (χ2n) is 4.80. The molecular formula is C12H18N4O. The maximum absolute atomic E-state index is 7.60. The molecule has 1 aromatic heterocycles. The predicted octanol–water partition coefficient (Wildman–Crippen LogP) is 0.981. The molecule has 0 unspecified atom stereocenters.